The molecule has 3 nitrogen and oxygen atoms in total. The molecule has 0 N–H and O–H groups in total. The monoisotopic (exact) mass is 402 g/mol. The molecule has 0 aliphatic rings. The van der Waals surface area contributed by atoms with Gasteiger partial charge >= 0.3 is 33.4 Å². The van der Waals surface area contributed by atoms with E-state index in [0.717, 1.165) is 0 Å². The van der Waals surface area contributed by atoms with Crippen LogP contribution in [0.1, 0.15) is 26.2 Å². The molecule has 0 saturated heterocycles. The molecule has 0 aliphatic carbocycles. The lowest BCUT2D eigenvalue weighted by Crippen LogP contribution is -2.63. The minimum Gasteiger partial charge on any atom is -0.193 e. The van der Waals surface area contributed by atoms with E-state index in [-0.39, 0.29) is 24.2 Å². The van der Waals surface area contributed by atoms with Gasteiger partial charge in [-0.15, -0.1) is 0 Å². The first kappa shape index (κ1) is 22.6. The number of halogens is 9. The average molecular weight is 402 g/mol. The molecule has 0 aliphatic heterocycles. The zero-order valence-corrected chi connectivity index (χ0v) is 12.9. The lowest BCUT2D eigenvalue weighted by atomic mass is 10.1. The van der Waals surface area contributed by atoms with Crippen molar-refractivity contribution in [2.75, 3.05) is 5.75 Å². The Labute approximate surface area is 129 Å². The zero-order valence-electron chi connectivity index (χ0n) is 11.3. The summed E-state index contributed by atoms with van der Waals surface area (Å²) >= 11 is -0.266. The standard InChI is InChI=1S/C9H11F9O3S2/c1-2-3-4-5-22-21-23(19,20)9(17,18)7(12,13)6(10,11)8(14,15)16/h2-5H2,1H3. The van der Waals surface area contributed by atoms with Gasteiger partial charge in [0.1, 0.15) is 0 Å². The zero-order chi connectivity index (χ0) is 18.7. The highest BCUT2D eigenvalue weighted by atomic mass is 32.3. The molecule has 0 amide bonds. The minimum atomic E-state index is -7.28. The first-order chi connectivity index (χ1) is 10.1. The first-order valence-electron chi connectivity index (χ1n) is 5.82. The first-order valence-corrected chi connectivity index (χ1v) is 8.14. The number of unbranched alkanes of at least 4 members (excludes halogenated alkanes) is 2. The Balaban J connectivity index is 5.35. The maximum Gasteiger partial charge on any atom is 0.460 e. The molecule has 0 unspecified atom stereocenters. The van der Waals surface area contributed by atoms with Crippen LogP contribution in [-0.4, -0.2) is 37.4 Å². The number of rotatable bonds is 9. The highest BCUT2D eigenvalue weighted by Gasteiger charge is 2.85. The molecule has 0 heterocycles. The fourth-order valence-electron chi connectivity index (χ4n) is 1.07. The molecule has 0 aromatic rings. The highest BCUT2D eigenvalue weighted by molar-refractivity contribution is 8.04. The van der Waals surface area contributed by atoms with Crippen LogP contribution in [-0.2, 0) is 13.7 Å². The molecule has 0 radical (unpaired) electrons. The van der Waals surface area contributed by atoms with Crippen molar-refractivity contribution in [3.05, 3.63) is 0 Å². The van der Waals surface area contributed by atoms with Gasteiger partial charge in [-0.05, 0) is 6.42 Å². The van der Waals surface area contributed by atoms with E-state index < -0.39 is 33.4 Å². The summed E-state index contributed by atoms with van der Waals surface area (Å²) in [5.41, 5.74) is 0. The number of hydrogen-bond donors (Lipinski definition) is 0. The van der Waals surface area contributed by atoms with Crippen LogP contribution >= 0.6 is 12.0 Å². The van der Waals surface area contributed by atoms with Crippen LogP contribution in [0.4, 0.5) is 39.5 Å². The normalized spacial score (nSPS) is 15.0. The third-order valence-electron chi connectivity index (χ3n) is 2.40. The van der Waals surface area contributed by atoms with E-state index in [1.165, 1.54) is 0 Å². The molecule has 140 valence electrons. The maximum absolute atomic E-state index is 13.1. The molecule has 23 heavy (non-hydrogen) atoms. The van der Waals surface area contributed by atoms with E-state index >= 15 is 0 Å². The predicted octanol–water partition coefficient (Wildman–Crippen LogP) is 4.60. The topological polar surface area (TPSA) is 43.4 Å². The summed E-state index contributed by atoms with van der Waals surface area (Å²) in [7, 11) is -6.75. The number of hydrogen-bond acceptors (Lipinski definition) is 4. The van der Waals surface area contributed by atoms with Crippen LogP contribution in [0.3, 0.4) is 0 Å². The van der Waals surface area contributed by atoms with Crippen LogP contribution in [0.15, 0.2) is 0 Å². The van der Waals surface area contributed by atoms with E-state index in [1.54, 1.807) is 6.92 Å². The van der Waals surface area contributed by atoms with Crippen molar-refractivity contribution in [3.63, 3.8) is 0 Å². The van der Waals surface area contributed by atoms with Gasteiger partial charge in [-0.25, -0.2) is 0 Å². The average Bonchev–Trinajstić information content (AvgIpc) is 2.36. The molecule has 0 rings (SSSR count). The Morgan fingerprint density at radius 3 is 1.74 bits per heavy atom. The van der Waals surface area contributed by atoms with Gasteiger partial charge in [0.05, 0.1) is 0 Å². The minimum absolute atomic E-state index is 0.220. The second kappa shape index (κ2) is 7.25. The van der Waals surface area contributed by atoms with Gasteiger partial charge in [-0.3, -0.25) is 0 Å². The third kappa shape index (κ3) is 4.38. The summed E-state index contributed by atoms with van der Waals surface area (Å²) in [4.78, 5) is 0. The molecule has 0 atom stereocenters. The quantitative estimate of drug-likeness (QED) is 0.321. The summed E-state index contributed by atoms with van der Waals surface area (Å²) < 4.78 is 138. The molecular weight excluding hydrogens is 391 g/mol. The van der Waals surface area contributed by atoms with Gasteiger partial charge in [0.25, 0.3) is 0 Å². The number of alkyl halides is 9. The van der Waals surface area contributed by atoms with Crippen molar-refractivity contribution >= 4 is 22.2 Å². The van der Waals surface area contributed by atoms with E-state index in [0.29, 0.717) is 12.8 Å². The lowest BCUT2D eigenvalue weighted by molar-refractivity contribution is -0.382. The summed E-state index contributed by atoms with van der Waals surface area (Å²) in [5.74, 6) is -14.8. The van der Waals surface area contributed by atoms with Gasteiger partial charge in [-0.2, -0.15) is 51.6 Å². The maximum atomic E-state index is 13.1. The van der Waals surface area contributed by atoms with Crippen LogP contribution in [0.25, 0.3) is 0 Å². The molecule has 0 bridgehead atoms. The smallest absolute Gasteiger partial charge is 0.193 e. The molecule has 0 spiro atoms. The Bertz CT molecular complexity index is 487. The second-order valence-electron chi connectivity index (χ2n) is 4.21. The fourth-order valence-corrected chi connectivity index (χ4v) is 2.95. The van der Waals surface area contributed by atoms with Crippen molar-refractivity contribution < 1.29 is 51.6 Å². The molecule has 14 heteroatoms. The van der Waals surface area contributed by atoms with Crippen molar-refractivity contribution in [2.24, 2.45) is 0 Å². The van der Waals surface area contributed by atoms with Gasteiger partial charge in [0.15, 0.2) is 0 Å². The van der Waals surface area contributed by atoms with Crippen molar-refractivity contribution in [1.82, 2.24) is 0 Å². The third-order valence-corrected chi connectivity index (χ3v) is 4.84. The predicted molar refractivity (Wildman–Crippen MR) is 62.9 cm³/mol. The van der Waals surface area contributed by atoms with Gasteiger partial charge in [0, 0.05) is 17.8 Å². The molecule has 0 saturated carbocycles. The molecular formula is C9H11F9O3S2. The fraction of sp³-hybridized carbons (Fsp3) is 1.00. The van der Waals surface area contributed by atoms with Crippen molar-refractivity contribution in [1.29, 1.82) is 0 Å². The summed E-state index contributed by atoms with van der Waals surface area (Å²) in [6, 6.07) is 0. The summed E-state index contributed by atoms with van der Waals surface area (Å²) in [6.07, 6.45) is -5.75. The summed E-state index contributed by atoms with van der Waals surface area (Å²) in [5, 5.41) is -6.79. The molecule has 0 aromatic heterocycles. The van der Waals surface area contributed by atoms with Crippen LogP contribution in [0.5, 0.6) is 0 Å². The van der Waals surface area contributed by atoms with Crippen molar-refractivity contribution in [3.8, 4) is 0 Å². The Kier molecular flexibility index (Phi) is 7.13. The van der Waals surface area contributed by atoms with E-state index in [2.05, 4.69) is 3.63 Å². The lowest BCUT2D eigenvalue weighted by Gasteiger charge is -2.32. The molecule has 0 fully saturated rings. The SMILES string of the molecule is CCCCCSOS(=O)(=O)C(F)(F)C(F)(F)C(F)(F)C(F)(F)F. The second-order valence-corrected chi connectivity index (χ2v) is 6.82. The van der Waals surface area contributed by atoms with Crippen LogP contribution < -0.4 is 0 Å². The van der Waals surface area contributed by atoms with E-state index in [9.17, 15) is 47.9 Å². The highest BCUT2D eigenvalue weighted by Crippen LogP contribution is 2.55. The Morgan fingerprint density at radius 2 is 1.35 bits per heavy atom. The van der Waals surface area contributed by atoms with Crippen molar-refractivity contribution in [2.45, 2.75) is 49.5 Å². The Hall–Kier alpha value is -0.370. The largest absolute Gasteiger partial charge is 0.460 e. The van der Waals surface area contributed by atoms with Gasteiger partial charge < -0.3 is 0 Å². The van der Waals surface area contributed by atoms with Crippen LogP contribution in [0, 0.1) is 0 Å². The van der Waals surface area contributed by atoms with Crippen LogP contribution in [0.2, 0.25) is 0 Å². The summed E-state index contributed by atoms with van der Waals surface area (Å²) in [6.45, 7) is 1.72. The Morgan fingerprint density at radius 1 is 0.870 bits per heavy atom. The van der Waals surface area contributed by atoms with Gasteiger partial charge in [-0.1, -0.05) is 19.8 Å². The molecule has 0 aromatic carbocycles. The van der Waals surface area contributed by atoms with Gasteiger partial charge in [0.2, 0.25) is 0 Å². The van der Waals surface area contributed by atoms with E-state index in [1.807, 2.05) is 0 Å². The van der Waals surface area contributed by atoms with E-state index in [4.69, 9.17) is 0 Å².